The third kappa shape index (κ3) is 2.58. The van der Waals surface area contributed by atoms with E-state index in [9.17, 15) is 10.1 Å². The van der Waals surface area contributed by atoms with E-state index in [1.54, 1.807) is 0 Å². The summed E-state index contributed by atoms with van der Waals surface area (Å²) in [6.07, 6.45) is 5.32. The maximum atomic E-state index is 13.3. The summed E-state index contributed by atoms with van der Waals surface area (Å²) in [6.45, 7) is 2.07. The first-order valence-electron chi connectivity index (χ1n) is 10.2. The van der Waals surface area contributed by atoms with Crippen molar-refractivity contribution in [2.45, 2.75) is 63.5 Å². The second-order valence-corrected chi connectivity index (χ2v) is 9.61. The Morgan fingerprint density at radius 3 is 2.75 bits per heavy atom. The molecule has 2 aliphatic carbocycles. The number of nitriles is 1. The predicted octanol–water partition coefficient (Wildman–Crippen LogP) is 4.40. The fourth-order valence-electron chi connectivity index (χ4n) is 6.28. The molecule has 2 saturated carbocycles. The SMILES string of the molecule is CC(CC(=O)N1C2CC3CC1CC(C#N)(C3)C2)c1nn(C)c2cccc(Cl)c12. The summed E-state index contributed by atoms with van der Waals surface area (Å²) in [7, 11) is 1.92. The average molecular weight is 397 g/mol. The largest absolute Gasteiger partial charge is 0.337 e. The first-order valence-corrected chi connectivity index (χ1v) is 10.6. The van der Waals surface area contributed by atoms with Crippen molar-refractivity contribution in [1.82, 2.24) is 14.7 Å². The van der Waals surface area contributed by atoms with Crippen LogP contribution in [0.4, 0.5) is 0 Å². The first-order chi connectivity index (χ1) is 13.4. The molecule has 0 spiro atoms. The van der Waals surface area contributed by atoms with Crippen molar-refractivity contribution in [1.29, 1.82) is 5.26 Å². The van der Waals surface area contributed by atoms with E-state index in [1.807, 2.05) is 29.9 Å². The zero-order valence-corrected chi connectivity index (χ0v) is 17.1. The molecule has 0 radical (unpaired) electrons. The van der Waals surface area contributed by atoms with Gasteiger partial charge in [0, 0.05) is 36.9 Å². The summed E-state index contributed by atoms with van der Waals surface area (Å²) in [5.74, 6) is 0.829. The summed E-state index contributed by atoms with van der Waals surface area (Å²) in [6, 6.07) is 8.91. The molecule has 28 heavy (non-hydrogen) atoms. The molecule has 6 rings (SSSR count). The number of aromatic nitrogens is 2. The van der Waals surface area contributed by atoms with Gasteiger partial charge in [-0.25, -0.2) is 0 Å². The predicted molar refractivity (Wildman–Crippen MR) is 108 cm³/mol. The number of hydrogen-bond donors (Lipinski definition) is 0. The van der Waals surface area contributed by atoms with Crippen LogP contribution in [0.5, 0.6) is 0 Å². The number of carbonyl (C=O) groups is 1. The average Bonchev–Trinajstić information content (AvgIpc) is 2.99. The third-order valence-corrected chi connectivity index (χ3v) is 7.57. The molecule has 2 aliphatic heterocycles. The number of hydrogen-bond acceptors (Lipinski definition) is 3. The monoisotopic (exact) mass is 396 g/mol. The zero-order chi connectivity index (χ0) is 19.6. The molecule has 3 unspecified atom stereocenters. The second-order valence-electron chi connectivity index (χ2n) is 9.20. The number of halogens is 1. The lowest BCUT2D eigenvalue weighted by Crippen LogP contribution is -2.63. The van der Waals surface area contributed by atoms with E-state index in [-0.39, 0.29) is 29.3 Å². The quantitative estimate of drug-likeness (QED) is 0.772. The summed E-state index contributed by atoms with van der Waals surface area (Å²) in [5.41, 5.74) is 1.71. The highest BCUT2D eigenvalue weighted by atomic mass is 35.5. The smallest absolute Gasteiger partial charge is 0.223 e. The van der Waals surface area contributed by atoms with Crippen molar-refractivity contribution in [3.8, 4) is 6.07 Å². The van der Waals surface area contributed by atoms with Crippen LogP contribution in [-0.4, -0.2) is 32.7 Å². The molecular formula is C22H25ClN4O. The highest BCUT2D eigenvalue weighted by Crippen LogP contribution is 2.56. The summed E-state index contributed by atoms with van der Waals surface area (Å²) in [5, 5.41) is 16.0. The van der Waals surface area contributed by atoms with Gasteiger partial charge in [0.15, 0.2) is 0 Å². The Balaban J connectivity index is 1.39. The molecule has 3 atom stereocenters. The van der Waals surface area contributed by atoms with Gasteiger partial charge in [0.25, 0.3) is 0 Å². The van der Waals surface area contributed by atoms with Crippen LogP contribution in [-0.2, 0) is 11.8 Å². The Hall–Kier alpha value is -2.06. The first kappa shape index (κ1) is 18.0. The Labute approximate surface area is 170 Å². The van der Waals surface area contributed by atoms with Gasteiger partial charge < -0.3 is 4.90 Å². The lowest BCUT2D eigenvalue weighted by atomic mass is 9.56. The molecule has 1 aromatic heterocycles. The molecule has 1 aromatic carbocycles. The van der Waals surface area contributed by atoms with Crippen molar-refractivity contribution in [2.24, 2.45) is 18.4 Å². The van der Waals surface area contributed by atoms with Gasteiger partial charge in [-0.15, -0.1) is 0 Å². The van der Waals surface area contributed by atoms with Crippen LogP contribution in [0.2, 0.25) is 5.02 Å². The van der Waals surface area contributed by atoms with Gasteiger partial charge in [-0.3, -0.25) is 9.48 Å². The maximum absolute atomic E-state index is 13.3. The van der Waals surface area contributed by atoms with Crippen LogP contribution >= 0.6 is 11.6 Å². The number of piperidine rings is 2. The van der Waals surface area contributed by atoms with Crippen molar-refractivity contribution in [3.05, 3.63) is 28.9 Å². The van der Waals surface area contributed by atoms with E-state index in [4.69, 9.17) is 11.6 Å². The Bertz CT molecular complexity index is 990. The van der Waals surface area contributed by atoms with E-state index >= 15 is 0 Å². The van der Waals surface area contributed by atoms with E-state index < -0.39 is 0 Å². The number of fused-ring (bicyclic) bond motifs is 1. The topological polar surface area (TPSA) is 61.9 Å². The van der Waals surface area contributed by atoms with Gasteiger partial charge in [-0.2, -0.15) is 10.4 Å². The zero-order valence-electron chi connectivity index (χ0n) is 16.4. The number of benzene rings is 1. The van der Waals surface area contributed by atoms with Crippen molar-refractivity contribution >= 4 is 28.4 Å². The fourth-order valence-corrected chi connectivity index (χ4v) is 6.55. The van der Waals surface area contributed by atoms with E-state index in [1.165, 1.54) is 0 Å². The maximum Gasteiger partial charge on any atom is 0.223 e. The Morgan fingerprint density at radius 2 is 2.07 bits per heavy atom. The molecule has 4 bridgehead atoms. The van der Waals surface area contributed by atoms with Crippen LogP contribution in [0.15, 0.2) is 18.2 Å². The second kappa shape index (κ2) is 6.22. The number of amides is 1. The molecule has 2 saturated heterocycles. The summed E-state index contributed by atoms with van der Waals surface area (Å²) in [4.78, 5) is 15.4. The minimum atomic E-state index is -0.177. The number of aryl methyl sites for hydroxylation is 1. The number of rotatable bonds is 3. The standard InChI is InChI=1S/C22H25ClN4O/c1-13(21-20-17(23)4-3-5-18(20)26(2)25-21)6-19(28)27-15-7-14-8-16(27)11-22(9-14,10-15)12-24/h3-5,13-16H,6-11H2,1-2H3. The molecule has 2 aromatic rings. The minimum absolute atomic E-state index is 0.00165. The number of carbonyl (C=O) groups excluding carboxylic acids is 1. The highest BCUT2D eigenvalue weighted by molar-refractivity contribution is 6.35. The highest BCUT2D eigenvalue weighted by Gasteiger charge is 2.56. The summed E-state index contributed by atoms with van der Waals surface area (Å²) < 4.78 is 1.84. The molecule has 4 aliphatic rings. The van der Waals surface area contributed by atoms with Crippen LogP contribution in [0.25, 0.3) is 10.9 Å². The molecular weight excluding hydrogens is 372 g/mol. The van der Waals surface area contributed by atoms with E-state index in [2.05, 4.69) is 23.0 Å². The van der Waals surface area contributed by atoms with Gasteiger partial charge in [0.1, 0.15) is 0 Å². The number of nitrogens with zero attached hydrogens (tertiary/aromatic N) is 4. The normalized spacial score (nSPS) is 31.9. The van der Waals surface area contributed by atoms with E-state index in [0.29, 0.717) is 17.4 Å². The van der Waals surface area contributed by atoms with Crippen LogP contribution in [0, 0.1) is 22.7 Å². The van der Waals surface area contributed by atoms with Crippen molar-refractivity contribution in [3.63, 3.8) is 0 Å². The molecule has 146 valence electrons. The molecule has 1 amide bonds. The van der Waals surface area contributed by atoms with Gasteiger partial charge in [-0.05, 0) is 50.2 Å². The van der Waals surface area contributed by atoms with E-state index in [0.717, 1.165) is 48.7 Å². The fraction of sp³-hybridized carbons (Fsp3) is 0.591. The van der Waals surface area contributed by atoms with Gasteiger partial charge in [0.2, 0.25) is 5.91 Å². The van der Waals surface area contributed by atoms with Crippen LogP contribution in [0.3, 0.4) is 0 Å². The Morgan fingerprint density at radius 1 is 1.36 bits per heavy atom. The lowest BCUT2D eigenvalue weighted by Gasteiger charge is -2.59. The van der Waals surface area contributed by atoms with Crippen molar-refractivity contribution < 1.29 is 4.79 Å². The molecule has 0 N–H and O–H groups in total. The third-order valence-electron chi connectivity index (χ3n) is 7.26. The summed E-state index contributed by atoms with van der Waals surface area (Å²) >= 11 is 6.46. The molecule has 4 fully saturated rings. The minimum Gasteiger partial charge on any atom is -0.337 e. The molecule has 6 heteroatoms. The van der Waals surface area contributed by atoms with Crippen LogP contribution < -0.4 is 0 Å². The van der Waals surface area contributed by atoms with Gasteiger partial charge in [0.05, 0.1) is 27.7 Å². The van der Waals surface area contributed by atoms with Crippen LogP contribution in [0.1, 0.15) is 57.1 Å². The van der Waals surface area contributed by atoms with Crippen molar-refractivity contribution in [2.75, 3.05) is 0 Å². The molecule has 3 heterocycles. The van der Waals surface area contributed by atoms with Gasteiger partial charge >= 0.3 is 0 Å². The Kier molecular flexibility index (Phi) is 4.00. The molecule has 5 nitrogen and oxygen atoms in total. The van der Waals surface area contributed by atoms with Gasteiger partial charge in [-0.1, -0.05) is 24.6 Å². The lowest BCUT2D eigenvalue weighted by molar-refractivity contribution is -0.153.